The van der Waals surface area contributed by atoms with Crippen molar-refractivity contribution in [2.45, 2.75) is 19.9 Å². The molecule has 1 aromatic heterocycles. The van der Waals surface area contributed by atoms with E-state index in [1.165, 1.54) is 10.8 Å². The number of nitrogens with one attached hydrogen (secondary N) is 1. The Hall–Kier alpha value is -0.960. The number of amides is 1. The summed E-state index contributed by atoms with van der Waals surface area (Å²) in [5.41, 5.74) is 1.88. The third kappa shape index (κ3) is 2.99. The highest BCUT2D eigenvalue weighted by molar-refractivity contribution is 14.1. The number of hydrazine groups is 1. The lowest BCUT2D eigenvalue weighted by atomic mass is 10.4. The summed E-state index contributed by atoms with van der Waals surface area (Å²) in [6, 6.07) is 0. The second-order valence-corrected chi connectivity index (χ2v) is 4.09. The second kappa shape index (κ2) is 5.21. The van der Waals surface area contributed by atoms with Gasteiger partial charge in [-0.15, -0.1) is 0 Å². The van der Waals surface area contributed by atoms with Crippen LogP contribution in [0.4, 0.5) is 0 Å². The monoisotopic (exact) mass is 322 g/mol. The summed E-state index contributed by atoms with van der Waals surface area (Å²) >= 11 is 1.91. The fourth-order valence-electron chi connectivity index (χ4n) is 1.10. The van der Waals surface area contributed by atoms with Crippen molar-refractivity contribution in [2.75, 3.05) is 0 Å². The Morgan fingerprint density at radius 1 is 1.73 bits per heavy atom. The first kappa shape index (κ1) is 12.1. The number of nitrogens with zero attached hydrogens (tertiary/aromatic N) is 2. The molecule has 6 nitrogen and oxygen atoms in total. The van der Waals surface area contributed by atoms with Gasteiger partial charge in [-0.3, -0.25) is 19.6 Å². The van der Waals surface area contributed by atoms with E-state index in [9.17, 15) is 9.59 Å². The molecular weight excluding hydrogens is 311 g/mol. The van der Waals surface area contributed by atoms with Gasteiger partial charge in [-0.25, -0.2) is 10.8 Å². The van der Waals surface area contributed by atoms with Crippen LogP contribution in [-0.4, -0.2) is 15.5 Å². The van der Waals surface area contributed by atoms with Crippen LogP contribution in [0.25, 0.3) is 0 Å². The lowest BCUT2D eigenvalue weighted by molar-refractivity contribution is -0.121. The van der Waals surface area contributed by atoms with Gasteiger partial charge < -0.3 is 0 Å². The molecule has 15 heavy (non-hydrogen) atoms. The number of hydrogen-bond acceptors (Lipinski definition) is 4. The zero-order valence-corrected chi connectivity index (χ0v) is 10.3. The number of aryl methyl sites for hydroxylation is 1. The van der Waals surface area contributed by atoms with E-state index in [1.807, 2.05) is 28.0 Å². The van der Waals surface area contributed by atoms with Gasteiger partial charge in [0.2, 0.25) is 5.91 Å². The molecule has 0 saturated carbocycles. The van der Waals surface area contributed by atoms with Gasteiger partial charge in [-0.1, -0.05) is 0 Å². The quantitative estimate of drug-likeness (QED) is 0.341. The van der Waals surface area contributed by atoms with E-state index >= 15 is 0 Å². The summed E-state index contributed by atoms with van der Waals surface area (Å²) in [4.78, 5) is 26.6. The minimum absolute atomic E-state index is 0.132. The molecule has 1 amide bonds. The Morgan fingerprint density at radius 2 is 2.40 bits per heavy atom. The van der Waals surface area contributed by atoms with Gasteiger partial charge in [0.1, 0.15) is 5.82 Å². The molecule has 0 fully saturated rings. The lowest BCUT2D eigenvalue weighted by Crippen LogP contribution is -2.33. The summed E-state index contributed by atoms with van der Waals surface area (Å²) < 4.78 is 1.99. The molecule has 0 aliphatic heterocycles. The van der Waals surface area contributed by atoms with Gasteiger partial charge >= 0.3 is 0 Å². The molecule has 82 valence electrons. The number of carbonyl (C=O) groups excluding carboxylic acids is 1. The molecule has 1 heterocycles. The van der Waals surface area contributed by atoms with Crippen molar-refractivity contribution < 1.29 is 4.79 Å². The first-order valence-corrected chi connectivity index (χ1v) is 5.35. The summed E-state index contributed by atoms with van der Waals surface area (Å²) in [6.07, 6.45) is 1.68. The van der Waals surface area contributed by atoms with Crippen molar-refractivity contribution in [1.82, 2.24) is 15.0 Å². The fourth-order valence-corrected chi connectivity index (χ4v) is 1.53. The van der Waals surface area contributed by atoms with Crippen LogP contribution in [0.1, 0.15) is 12.2 Å². The molecule has 1 rings (SSSR count). The number of rotatable bonds is 3. The molecule has 1 aromatic rings. The smallest absolute Gasteiger partial charge is 0.266 e. The van der Waals surface area contributed by atoms with Crippen LogP contribution in [-0.2, 0) is 11.3 Å². The first-order chi connectivity index (χ1) is 7.06. The van der Waals surface area contributed by atoms with Crippen molar-refractivity contribution >= 4 is 28.5 Å². The molecule has 0 aromatic carbocycles. The standard InChI is InChI=1S/C8H11IN4O2/c1-5-11-4-6(9)8(15)13(5)3-2-7(14)12-10/h4H,2-3,10H2,1H3,(H,12,14). The minimum Gasteiger partial charge on any atom is -0.295 e. The van der Waals surface area contributed by atoms with Crippen molar-refractivity contribution in [3.63, 3.8) is 0 Å². The molecule has 3 N–H and O–H groups in total. The maximum atomic E-state index is 11.6. The van der Waals surface area contributed by atoms with Gasteiger partial charge in [0.05, 0.1) is 3.57 Å². The zero-order chi connectivity index (χ0) is 11.4. The predicted octanol–water partition coefficient (Wildman–Crippen LogP) is -0.464. The Labute approximate surface area is 100.0 Å². The van der Waals surface area contributed by atoms with Gasteiger partial charge in [-0.2, -0.15) is 0 Å². The number of nitrogens with two attached hydrogens (primary N) is 1. The Bertz CT molecular complexity index is 429. The summed E-state index contributed by atoms with van der Waals surface area (Å²) in [5.74, 6) is 5.22. The van der Waals surface area contributed by atoms with E-state index in [-0.39, 0.29) is 24.4 Å². The van der Waals surface area contributed by atoms with Crippen molar-refractivity contribution in [1.29, 1.82) is 0 Å². The van der Waals surface area contributed by atoms with E-state index in [0.29, 0.717) is 9.39 Å². The van der Waals surface area contributed by atoms with E-state index < -0.39 is 0 Å². The Kier molecular flexibility index (Phi) is 4.21. The molecular formula is C8H11IN4O2. The fraction of sp³-hybridized carbons (Fsp3) is 0.375. The van der Waals surface area contributed by atoms with Crippen LogP contribution < -0.4 is 16.8 Å². The number of aromatic nitrogens is 2. The molecule has 0 bridgehead atoms. The lowest BCUT2D eigenvalue weighted by Gasteiger charge is -2.08. The highest BCUT2D eigenvalue weighted by Crippen LogP contribution is 1.98. The van der Waals surface area contributed by atoms with Crippen LogP contribution in [0.5, 0.6) is 0 Å². The molecule has 0 unspecified atom stereocenters. The normalized spacial score (nSPS) is 10.1. The first-order valence-electron chi connectivity index (χ1n) is 4.27. The minimum atomic E-state index is -0.305. The van der Waals surface area contributed by atoms with Gasteiger partial charge in [0.15, 0.2) is 0 Å². The molecule has 0 atom stereocenters. The molecule has 0 saturated heterocycles. The van der Waals surface area contributed by atoms with Crippen LogP contribution in [0.3, 0.4) is 0 Å². The maximum Gasteiger partial charge on any atom is 0.266 e. The third-order valence-electron chi connectivity index (χ3n) is 1.93. The summed E-state index contributed by atoms with van der Waals surface area (Å²) in [5, 5.41) is 0. The molecule has 0 radical (unpaired) electrons. The van der Waals surface area contributed by atoms with Crippen LogP contribution in [0.2, 0.25) is 0 Å². The SMILES string of the molecule is Cc1ncc(I)c(=O)n1CCC(=O)NN. The van der Waals surface area contributed by atoms with E-state index in [2.05, 4.69) is 4.98 Å². The third-order valence-corrected chi connectivity index (χ3v) is 2.67. The Balaban J connectivity index is 2.90. The molecule has 0 aliphatic carbocycles. The van der Waals surface area contributed by atoms with E-state index in [1.54, 1.807) is 6.92 Å². The zero-order valence-electron chi connectivity index (χ0n) is 8.16. The van der Waals surface area contributed by atoms with Gasteiger partial charge in [-0.05, 0) is 29.5 Å². The summed E-state index contributed by atoms with van der Waals surface area (Å²) in [7, 11) is 0. The van der Waals surface area contributed by atoms with Crippen LogP contribution in [0.15, 0.2) is 11.0 Å². The molecule has 0 aliphatic rings. The average molecular weight is 322 g/mol. The van der Waals surface area contributed by atoms with E-state index in [4.69, 9.17) is 5.84 Å². The van der Waals surface area contributed by atoms with Gasteiger partial charge in [0, 0.05) is 19.2 Å². The highest BCUT2D eigenvalue weighted by Gasteiger charge is 2.06. The Morgan fingerprint density at radius 3 is 3.00 bits per heavy atom. The maximum absolute atomic E-state index is 11.6. The summed E-state index contributed by atoms with van der Waals surface area (Å²) in [6.45, 7) is 2.01. The number of carbonyl (C=O) groups is 1. The largest absolute Gasteiger partial charge is 0.295 e. The highest BCUT2D eigenvalue weighted by atomic mass is 127. The number of hydrogen-bond donors (Lipinski definition) is 2. The molecule has 7 heteroatoms. The van der Waals surface area contributed by atoms with E-state index in [0.717, 1.165) is 0 Å². The number of halogens is 1. The molecule has 0 spiro atoms. The average Bonchev–Trinajstić information content (AvgIpc) is 2.23. The predicted molar refractivity (Wildman–Crippen MR) is 62.9 cm³/mol. The van der Waals surface area contributed by atoms with Crippen LogP contribution >= 0.6 is 22.6 Å². The topological polar surface area (TPSA) is 90.0 Å². The van der Waals surface area contributed by atoms with Gasteiger partial charge in [0.25, 0.3) is 5.56 Å². The van der Waals surface area contributed by atoms with Crippen LogP contribution in [0, 0.1) is 10.5 Å². The second-order valence-electron chi connectivity index (χ2n) is 2.93. The van der Waals surface area contributed by atoms with Crippen molar-refractivity contribution in [3.8, 4) is 0 Å². The van der Waals surface area contributed by atoms with Crippen molar-refractivity contribution in [2.24, 2.45) is 5.84 Å². The van der Waals surface area contributed by atoms with Crippen molar-refractivity contribution in [3.05, 3.63) is 25.9 Å².